The number of pyridine rings is 2. The lowest BCUT2D eigenvalue weighted by molar-refractivity contribution is -0.00516. The zero-order chi connectivity index (χ0) is 22.1. The molecule has 0 spiro atoms. The number of fused-ring (bicyclic) bond motifs is 1. The first-order valence-electron chi connectivity index (χ1n) is 10.9. The molecule has 0 saturated carbocycles. The van der Waals surface area contributed by atoms with E-state index in [1.807, 2.05) is 54.7 Å². The molecular weight excluding hydrogens is 400 g/mol. The third-order valence-electron chi connectivity index (χ3n) is 5.72. The van der Waals surface area contributed by atoms with Crippen molar-refractivity contribution in [3.63, 3.8) is 0 Å². The van der Waals surface area contributed by atoms with Gasteiger partial charge in [-0.2, -0.15) is 0 Å². The number of hydrogen-bond acceptors (Lipinski definition) is 5. The van der Waals surface area contributed by atoms with Crippen molar-refractivity contribution in [1.82, 2.24) is 9.55 Å². The van der Waals surface area contributed by atoms with Crippen LogP contribution < -0.4 is 15.6 Å². The summed E-state index contributed by atoms with van der Waals surface area (Å²) in [6.45, 7) is 5.64. The molecule has 0 bridgehead atoms. The van der Waals surface area contributed by atoms with E-state index in [9.17, 15) is 4.79 Å². The van der Waals surface area contributed by atoms with Gasteiger partial charge in [-0.15, -0.1) is 0 Å². The van der Waals surface area contributed by atoms with Gasteiger partial charge in [0, 0.05) is 36.7 Å². The molecule has 32 heavy (non-hydrogen) atoms. The van der Waals surface area contributed by atoms with Gasteiger partial charge in [0.25, 0.3) is 0 Å². The van der Waals surface area contributed by atoms with E-state index in [2.05, 4.69) is 45.7 Å². The first kappa shape index (κ1) is 20.3. The number of aromatic nitrogens is 2. The minimum Gasteiger partial charge on any atom is -0.372 e. The van der Waals surface area contributed by atoms with Gasteiger partial charge in [-0.3, -0.25) is 14.3 Å². The van der Waals surface area contributed by atoms with E-state index in [1.54, 1.807) is 12.3 Å². The molecule has 0 unspecified atom stereocenters. The summed E-state index contributed by atoms with van der Waals surface area (Å²) < 4.78 is 8.06. The highest BCUT2D eigenvalue weighted by atomic mass is 16.5. The van der Waals surface area contributed by atoms with E-state index in [0.29, 0.717) is 11.2 Å². The van der Waals surface area contributed by atoms with Crippen LogP contribution in [0.4, 0.5) is 17.2 Å². The lowest BCUT2D eigenvalue weighted by atomic mass is 10.1. The molecule has 2 aromatic carbocycles. The molecule has 0 radical (unpaired) electrons. The third kappa shape index (κ3) is 3.85. The molecule has 5 rings (SSSR count). The number of nitrogens with zero attached hydrogens (tertiary/aromatic N) is 3. The van der Waals surface area contributed by atoms with Crippen molar-refractivity contribution >= 4 is 28.1 Å². The van der Waals surface area contributed by atoms with Crippen molar-refractivity contribution < 1.29 is 4.74 Å². The lowest BCUT2D eigenvalue weighted by Crippen LogP contribution is -2.45. The largest absolute Gasteiger partial charge is 0.372 e. The molecule has 1 fully saturated rings. The number of hydrogen-bond donors (Lipinski definition) is 1. The minimum atomic E-state index is -0.0608. The van der Waals surface area contributed by atoms with Gasteiger partial charge in [-0.25, -0.2) is 0 Å². The number of rotatable bonds is 4. The smallest absolute Gasteiger partial charge is 0.193 e. The first-order valence-corrected chi connectivity index (χ1v) is 10.9. The van der Waals surface area contributed by atoms with Crippen LogP contribution in [0.1, 0.15) is 13.8 Å². The summed E-state index contributed by atoms with van der Waals surface area (Å²) in [6.07, 6.45) is 3.71. The maximum absolute atomic E-state index is 13.2. The van der Waals surface area contributed by atoms with Crippen LogP contribution in [-0.2, 0) is 4.74 Å². The van der Waals surface area contributed by atoms with Crippen LogP contribution in [0.2, 0.25) is 0 Å². The van der Waals surface area contributed by atoms with Gasteiger partial charge in [0.05, 0.1) is 35.0 Å². The predicted molar refractivity (Wildman–Crippen MR) is 129 cm³/mol. The van der Waals surface area contributed by atoms with Crippen molar-refractivity contribution in [2.45, 2.75) is 26.1 Å². The Morgan fingerprint density at radius 1 is 0.938 bits per heavy atom. The molecule has 162 valence electrons. The highest BCUT2D eigenvalue weighted by molar-refractivity contribution is 5.93. The predicted octanol–water partition coefficient (Wildman–Crippen LogP) is 4.74. The Balaban J connectivity index is 1.78. The lowest BCUT2D eigenvalue weighted by Gasteiger charge is -2.37. The monoisotopic (exact) mass is 426 g/mol. The second-order valence-electron chi connectivity index (χ2n) is 8.27. The van der Waals surface area contributed by atoms with Crippen molar-refractivity contribution in [3.05, 3.63) is 89.3 Å². The fourth-order valence-electron chi connectivity index (χ4n) is 4.46. The van der Waals surface area contributed by atoms with Gasteiger partial charge in [0.15, 0.2) is 5.43 Å². The highest BCUT2D eigenvalue weighted by Crippen LogP contribution is 2.32. The first-order chi connectivity index (χ1) is 15.6. The Bertz CT molecular complexity index is 1280. The Hall–Kier alpha value is -3.64. The number of ether oxygens (including phenoxy) is 1. The Morgan fingerprint density at radius 3 is 2.28 bits per heavy atom. The molecule has 0 aliphatic carbocycles. The van der Waals surface area contributed by atoms with Crippen LogP contribution in [0.3, 0.4) is 0 Å². The molecule has 1 N–H and O–H groups in total. The summed E-state index contributed by atoms with van der Waals surface area (Å²) >= 11 is 0. The van der Waals surface area contributed by atoms with Crippen LogP contribution in [0.25, 0.3) is 16.6 Å². The van der Waals surface area contributed by atoms with Crippen LogP contribution >= 0.6 is 0 Å². The van der Waals surface area contributed by atoms with Crippen LogP contribution in [0.5, 0.6) is 0 Å². The minimum absolute atomic E-state index is 0.0608. The van der Waals surface area contributed by atoms with Gasteiger partial charge >= 0.3 is 0 Å². The van der Waals surface area contributed by atoms with Gasteiger partial charge < -0.3 is 15.0 Å². The molecule has 6 heteroatoms. The fourth-order valence-corrected chi connectivity index (χ4v) is 4.46. The summed E-state index contributed by atoms with van der Waals surface area (Å²) in [5.74, 6) is 0.710. The summed E-state index contributed by atoms with van der Waals surface area (Å²) in [5, 5.41) is 4.05. The molecule has 0 amide bonds. The molecule has 2 atom stereocenters. The average Bonchev–Trinajstić information content (AvgIpc) is 2.80. The molecule has 1 saturated heterocycles. The maximum atomic E-state index is 13.2. The molecule has 3 heterocycles. The fraction of sp³-hybridized carbons (Fsp3) is 0.231. The van der Waals surface area contributed by atoms with E-state index in [-0.39, 0.29) is 17.6 Å². The Morgan fingerprint density at radius 2 is 1.59 bits per heavy atom. The summed E-state index contributed by atoms with van der Waals surface area (Å²) in [6, 6.07) is 21.7. The standard InChI is InChI=1S/C26H26N4O2/c1-18-16-29(17-19(2)32-18)23-15-27-14-22-24(31)13-25(28-20-9-5-3-6-10-20)30(26(22)23)21-11-7-4-8-12-21/h3-15,18-19,28H,16-17H2,1-2H3/t18-,19+. The average molecular weight is 427 g/mol. The summed E-state index contributed by atoms with van der Waals surface area (Å²) in [5.41, 5.74) is 3.60. The highest BCUT2D eigenvalue weighted by Gasteiger charge is 2.26. The van der Waals surface area contributed by atoms with Gasteiger partial charge in [0.2, 0.25) is 0 Å². The Labute approximate surface area is 187 Å². The van der Waals surface area contributed by atoms with Crippen molar-refractivity contribution in [1.29, 1.82) is 0 Å². The number of anilines is 3. The topological polar surface area (TPSA) is 59.4 Å². The van der Waals surface area contributed by atoms with Crippen LogP contribution in [0, 0.1) is 0 Å². The number of para-hydroxylation sites is 2. The molecule has 2 aromatic heterocycles. The number of benzene rings is 2. The second-order valence-corrected chi connectivity index (χ2v) is 8.27. The molecular formula is C26H26N4O2. The number of morpholine rings is 1. The van der Waals surface area contributed by atoms with E-state index >= 15 is 0 Å². The zero-order valence-electron chi connectivity index (χ0n) is 18.2. The van der Waals surface area contributed by atoms with Crippen molar-refractivity contribution in [2.75, 3.05) is 23.3 Å². The maximum Gasteiger partial charge on any atom is 0.193 e. The van der Waals surface area contributed by atoms with E-state index in [1.165, 1.54) is 0 Å². The van der Waals surface area contributed by atoms with E-state index in [0.717, 1.165) is 35.7 Å². The summed E-state index contributed by atoms with van der Waals surface area (Å²) in [7, 11) is 0. The number of nitrogens with one attached hydrogen (secondary N) is 1. The quantitative estimate of drug-likeness (QED) is 0.511. The van der Waals surface area contributed by atoms with Crippen LogP contribution in [0.15, 0.2) is 83.9 Å². The van der Waals surface area contributed by atoms with Gasteiger partial charge in [0.1, 0.15) is 5.82 Å². The van der Waals surface area contributed by atoms with Crippen molar-refractivity contribution in [3.8, 4) is 5.69 Å². The molecule has 1 aliphatic heterocycles. The molecule has 1 aliphatic rings. The summed E-state index contributed by atoms with van der Waals surface area (Å²) in [4.78, 5) is 19.9. The van der Waals surface area contributed by atoms with Gasteiger partial charge in [-0.1, -0.05) is 36.4 Å². The van der Waals surface area contributed by atoms with Gasteiger partial charge in [-0.05, 0) is 38.1 Å². The second kappa shape index (κ2) is 8.48. The van der Waals surface area contributed by atoms with E-state index < -0.39 is 0 Å². The van der Waals surface area contributed by atoms with Crippen molar-refractivity contribution in [2.24, 2.45) is 0 Å². The normalized spacial score (nSPS) is 18.6. The molecule has 4 aromatic rings. The van der Waals surface area contributed by atoms with Crippen LogP contribution in [-0.4, -0.2) is 34.8 Å². The Kier molecular flexibility index (Phi) is 5.37. The molecule has 6 nitrogen and oxygen atoms in total. The SMILES string of the molecule is C[C@@H]1CN(c2cncc3c(=O)cc(Nc4ccccc4)n(-c4ccccc4)c23)C[C@H](C)O1. The van der Waals surface area contributed by atoms with E-state index in [4.69, 9.17) is 4.74 Å². The third-order valence-corrected chi connectivity index (χ3v) is 5.72. The zero-order valence-corrected chi connectivity index (χ0v) is 18.2.